The van der Waals surface area contributed by atoms with E-state index in [1.807, 2.05) is 18.2 Å². The number of hydrogen-bond acceptors (Lipinski definition) is 4. The normalized spacial score (nSPS) is 26.7. The average Bonchev–Trinajstić information content (AvgIpc) is 3.55. The Labute approximate surface area is 149 Å². The van der Waals surface area contributed by atoms with Crippen LogP contribution in [-0.2, 0) is 4.79 Å². The molecule has 26 heavy (non-hydrogen) atoms. The number of amides is 1. The lowest BCUT2D eigenvalue weighted by Crippen LogP contribution is -2.34. The van der Waals surface area contributed by atoms with Crippen LogP contribution >= 0.6 is 0 Å². The molecule has 2 saturated carbocycles. The molecule has 2 fully saturated rings. The number of benzene rings is 1. The zero-order valence-electron chi connectivity index (χ0n) is 14.4. The molecule has 2 aromatic heterocycles. The van der Waals surface area contributed by atoms with Crippen LogP contribution in [-0.4, -0.2) is 15.6 Å². The summed E-state index contributed by atoms with van der Waals surface area (Å²) >= 11 is 0. The fourth-order valence-electron chi connectivity index (χ4n) is 3.64. The van der Waals surface area contributed by atoms with Crippen molar-refractivity contribution in [3.63, 3.8) is 0 Å². The van der Waals surface area contributed by atoms with Crippen molar-refractivity contribution in [2.24, 2.45) is 11.8 Å². The van der Waals surface area contributed by atoms with E-state index in [1.165, 1.54) is 17.4 Å². The molecule has 0 radical (unpaired) electrons. The molecule has 6 heteroatoms. The molecule has 2 aliphatic carbocycles. The zero-order valence-corrected chi connectivity index (χ0v) is 14.4. The Bertz CT molecular complexity index is 1070. The van der Waals surface area contributed by atoms with Crippen LogP contribution in [0.3, 0.4) is 0 Å². The second-order valence-corrected chi connectivity index (χ2v) is 7.42. The summed E-state index contributed by atoms with van der Waals surface area (Å²) in [5, 5.41) is 0.483. The van der Waals surface area contributed by atoms with Crippen LogP contribution < -0.4 is 11.0 Å². The van der Waals surface area contributed by atoms with Gasteiger partial charge in [0.15, 0.2) is 0 Å². The van der Waals surface area contributed by atoms with Gasteiger partial charge in [0.1, 0.15) is 17.8 Å². The number of para-hydroxylation sites is 1. The van der Waals surface area contributed by atoms with E-state index in [0.717, 1.165) is 17.9 Å². The summed E-state index contributed by atoms with van der Waals surface area (Å²) in [5.74, 6) is 2.91. The van der Waals surface area contributed by atoms with Crippen LogP contribution in [0.5, 0.6) is 0 Å². The van der Waals surface area contributed by atoms with Gasteiger partial charge >= 0.3 is 0 Å². The first-order chi connectivity index (χ1) is 12.6. The van der Waals surface area contributed by atoms with E-state index in [9.17, 15) is 9.59 Å². The van der Waals surface area contributed by atoms with Gasteiger partial charge in [0.2, 0.25) is 5.91 Å². The molecule has 3 aromatic rings. The van der Waals surface area contributed by atoms with E-state index in [2.05, 4.69) is 17.3 Å². The van der Waals surface area contributed by atoms with Gasteiger partial charge in [-0.2, -0.15) is 0 Å². The van der Waals surface area contributed by atoms with Gasteiger partial charge in [-0.1, -0.05) is 19.1 Å². The Hall–Kier alpha value is -2.89. The van der Waals surface area contributed by atoms with Crippen molar-refractivity contribution in [1.29, 1.82) is 0 Å². The average molecular weight is 349 g/mol. The maximum Gasteiger partial charge on any atom is 0.280 e. The van der Waals surface area contributed by atoms with E-state index in [0.29, 0.717) is 22.7 Å². The Balaban J connectivity index is 1.30. The quantitative estimate of drug-likeness (QED) is 0.785. The third kappa shape index (κ3) is 2.53. The van der Waals surface area contributed by atoms with Crippen molar-refractivity contribution in [1.82, 2.24) is 9.66 Å². The molecule has 0 aliphatic heterocycles. The van der Waals surface area contributed by atoms with Crippen molar-refractivity contribution in [2.75, 3.05) is 5.43 Å². The molecule has 132 valence electrons. The summed E-state index contributed by atoms with van der Waals surface area (Å²) in [7, 11) is 0. The third-order valence-corrected chi connectivity index (χ3v) is 5.51. The van der Waals surface area contributed by atoms with Crippen LogP contribution in [0.2, 0.25) is 0 Å². The molecular weight excluding hydrogens is 330 g/mol. The zero-order chi connectivity index (χ0) is 17.8. The molecule has 1 amide bonds. The van der Waals surface area contributed by atoms with E-state index in [1.54, 1.807) is 18.2 Å². The lowest BCUT2D eigenvalue weighted by Gasteiger charge is -2.08. The summed E-state index contributed by atoms with van der Waals surface area (Å²) in [6.07, 6.45) is 3.29. The SMILES string of the molecule is CC1CC1c1ccc(C2CC2C(=O)Nn2cnc3ccccc3c2=O)o1. The molecule has 5 rings (SSSR count). The summed E-state index contributed by atoms with van der Waals surface area (Å²) < 4.78 is 7.12. The van der Waals surface area contributed by atoms with Crippen molar-refractivity contribution < 1.29 is 9.21 Å². The fraction of sp³-hybridized carbons (Fsp3) is 0.350. The van der Waals surface area contributed by atoms with Gasteiger partial charge in [-0.15, -0.1) is 0 Å². The topological polar surface area (TPSA) is 77.1 Å². The van der Waals surface area contributed by atoms with Crippen LogP contribution in [0.4, 0.5) is 0 Å². The molecule has 0 bridgehead atoms. The second kappa shape index (κ2) is 5.56. The van der Waals surface area contributed by atoms with E-state index < -0.39 is 0 Å². The van der Waals surface area contributed by atoms with E-state index in [4.69, 9.17) is 4.42 Å². The molecule has 1 aromatic carbocycles. The predicted molar refractivity (Wildman–Crippen MR) is 96.4 cm³/mol. The molecule has 0 saturated heterocycles. The summed E-state index contributed by atoms with van der Waals surface area (Å²) in [6, 6.07) is 11.1. The Kier molecular flexibility index (Phi) is 3.29. The number of fused-ring (bicyclic) bond motifs is 1. The van der Waals surface area contributed by atoms with Crippen molar-refractivity contribution in [3.05, 3.63) is 64.6 Å². The molecular formula is C20H19N3O3. The smallest absolute Gasteiger partial charge is 0.280 e. The van der Waals surface area contributed by atoms with E-state index >= 15 is 0 Å². The third-order valence-electron chi connectivity index (χ3n) is 5.51. The Morgan fingerprint density at radius 2 is 1.88 bits per heavy atom. The maximum absolute atomic E-state index is 12.5. The molecule has 2 heterocycles. The predicted octanol–water partition coefficient (Wildman–Crippen LogP) is 2.99. The van der Waals surface area contributed by atoms with Crippen LogP contribution in [0, 0.1) is 11.8 Å². The van der Waals surface area contributed by atoms with Crippen LogP contribution in [0.15, 0.2) is 51.9 Å². The number of carbonyl (C=O) groups is 1. The fourth-order valence-corrected chi connectivity index (χ4v) is 3.64. The second-order valence-electron chi connectivity index (χ2n) is 7.42. The highest BCUT2D eigenvalue weighted by Gasteiger charge is 2.47. The number of nitrogens with one attached hydrogen (secondary N) is 1. The first-order valence-corrected chi connectivity index (χ1v) is 8.98. The van der Waals surface area contributed by atoms with Gasteiger partial charge in [-0.25, -0.2) is 9.66 Å². The first kappa shape index (κ1) is 15.4. The first-order valence-electron chi connectivity index (χ1n) is 8.98. The van der Waals surface area contributed by atoms with Gasteiger partial charge in [0.25, 0.3) is 5.56 Å². The number of aromatic nitrogens is 2. The minimum atomic E-state index is -0.274. The number of nitrogens with zero attached hydrogens (tertiary/aromatic N) is 2. The minimum absolute atomic E-state index is 0.0990. The molecule has 2 aliphatic rings. The highest BCUT2D eigenvalue weighted by atomic mass is 16.3. The minimum Gasteiger partial charge on any atom is -0.465 e. The molecule has 6 nitrogen and oxygen atoms in total. The molecule has 4 atom stereocenters. The van der Waals surface area contributed by atoms with Gasteiger partial charge in [0, 0.05) is 11.8 Å². The molecule has 0 spiro atoms. The maximum atomic E-state index is 12.5. The Morgan fingerprint density at radius 1 is 1.15 bits per heavy atom. The standard InChI is InChI=1S/C20H19N3O3/c1-11-8-13(11)17-6-7-18(26-17)14-9-15(14)19(24)22-23-10-21-16-5-3-2-4-12(16)20(23)25/h2-7,10-11,13-15H,8-9H2,1H3,(H,22,24). The van der Waals surface area contributed by atoms with Gasteiger partial charge < -0.3 is 4.42 Å². The van der Waals surface area contributed by atoms with Gasteiger partial charge in [-0.3, -0.25) is 15.0 Å². The number of hydrogen-bond donors (Lipinski definition) is 1. The highest BCUT2D eigenvalue weighted by molar-refractivity contribution is 5.89. The Morgan fingerprint density at radius 3 is 2.65 bits per heavy atom. The summed E-state index contributed by atoms with van der Waals surface area (Å²) in [6.45, 7) is 2.22. The van der Waals surface area contributed by atoms with Crippen LogP contribution in [0.1, 0.15) is 43.1 Å². The lowest BCUT2D eigenvalue weighted by atomic mass is 10.2. The van der Waals surface area contributed by atoms with Gasteiger partial charge in [-0.05, 0) is 43.0 Å². The van der Waals surface area contributed by atoms with Crippen LogP contribution in [0.25, 0.3) is 10.9 Å². The van der Waals surface area contributed by atoms with Crippen molar-refractivity contribution in [2.45, 2.75) is 31.6 Å². The molecule has 4 unspecified atom stereocenters. The number of furan rings is 1. The summed E-state index contributed by atoms with van der Waals surface area (Å²) in [4.78, 5) is 29.2. The van der Waals surface area contributed by atoms with Crippen molar-refractivity contribution >= 4 is 16.8 Å². The highest BCUT2D eigenvalue weighted by Crippen LogP contribution is 2.52. The largest absolute Gasteiger partial charge is 0.465 e. The lowest BCUT2D eigenvalue weighted by molar-refractivity contribution is -0.118. The summed E-state index contributed by atoms with van der Waals surface area (Å²) in [5.41, 5.74) is 3.02. The number of carbonyl (C=O) groups excluding carboxylic acids is 1. The van der Waals surface area contributed by atoms with E-state index in [-0.39, 0.29) is 23.3 Å². The molecule has 1 N–H and O–H groups in total. The monoisotopic (exact) mass is 349 g/mol. The number of rotatable bonds is 4. The van der Waals surface area contributed by atoms with Crippen molar-refractivity contribution in [3.8, 4) is 0 Å². The van der Waals surface area contributed by atoms with Gasteiger partial charge in [0.05, 0.1) is 16.8 Å².